The van der Waals surface area contributed by atoms with E-state index < -0.39 is 34.7 Å². The molecule has 0 spiro atoms. The van der Waals surface area contributed by atoms with Crippen molar-refractivity contribution in [3.05, 3.63) is 85.7 Å². The number of rotatable bonds is 5. The summed E-state index contributed by atoms with van der Waals surface area (Å²) in [5.74, 6) is -1.23. The Bertz CT molecular complexity index is 1230. The van der Waals surface area contributed by atoms with E-state index in [2.05, 4.69) is 21.2 Å². The molecule has 0 aromatic heterocycles. The minimum absolute atomic E-state index is 0.0788. The zero-order chi connectivity index (χ0) is 24.3. The molecule has 3 rings (SSSR count). The Kier molecular flexibility index (Phi) is 6.85. The van der Waals surface area contributed by atoms with E-state index in [0.717, 1.165) is 42.5 Å². The number of amides is 3. The molecule has 0 radical (unpaired) electrons. The second kappa shape index (κ2) is 9.59. The molecule has 3 amide bonds. The second-order valence-corrected chi connectivity index (χ2v) is 7.15. The fourth-order valence-corrected chi connectivity index (χ4v) is 3.28. The molecule has 0 aliphatic carbocycles. The van der Waals surface area contributed by atoms with Gasteiger partial charge in [-0.2, -0.15) is 0 Å². The molecule has 33 heavy (non-hydrogen) atoms. The van der Waals surface area contributed by atoms with Gasteiger partial charge in [-0.15, -0.1) is 0 Å². The number of nitro benzene ring substituents is 1. The van der Waals surface area contributed by atoms with Crippen LogP contribution in [0, 0.1) is 21.7 Å². The molecule has 1 heterocycles. The Labute approximate surface area is 192 Å². The summed E-state index contributed by atoms with van der Waals surface area (Å²) in [5.41, 5.74) is -0.526. The summed E-state index contributed by atoms with van der Waals surface area (Å²) in [7, 11) is 1.17. The van der Waals surface area contributed by atoms with Crippen LogP contribution in [0.25, 0.3) is 0 Å². The zero-order valence-electron chi connectivity index (χ0n) is 16.5. The van der Waals surface area contributed by atoms with Gasteiger partial charge in [0.1, 0.15) is 33.7 Å². The summed E-state index contributed by atoms with van der Waals surface area (Å²) in [5, 5.41) is 13.1. The smallest absolute Gasteiger partial charge is 0.424 e. The maximum atomic E-state index is 14.0. The molecule has 0 saturated carbocycles. The van der Waals surface area contributed by atoms with Crippen molar-refractivity contribution in [3.8, 4) is 5.75 Å². The Balaban J connectivity index is 2.08. The zero-order valence-corrected chi connectivity index (χ0v) is 18.1. The number of allylic oxidation sites excluding steroid dienone is 1. The van der Waals surface area contributed by atoms with Crippen LogP contribution in [0.2, 0.25) is 0 Å². The molecule has 170 valence electrons. The monoisotopic (exact) mass is 523 g/mol. The Morgan fingerprint density at radius 2 is 1.88 bits per heavy atom. The summed E-state index contributed by atoms with van der Waals surface area (Å²) >= 11 is 2.92. The van der Waals surface area contributed by atoms with Crippen molar-refractivity contribution < 1.29 is 37.6 Å². The van der Waals surface area contributed by atoms with Crippen molar-refractivity contribution >= 4 is 39.7 Å². The fourth-order valence-electron chi connectivity index (χ4n) is 2.98. The van der Waals surface area contributed by atoms with Crippen LogP contribution in [0.5, 0.6) is 5.75 Å². The molecule has 1 N–H and O–H groups in total. The van der Waals surface area contributed by atoms with Crippen LogP contribution in [0.3, 0.4) is 0 Å². The van der Waals surface area contributed by atoms with Crippen molar-refractivity contribution in [1.29, 1.82) is 0 Å². The van der Waals surface area contributed by atoms with Gasteiger partial charge < -0.3 is 14.8 Å². The van der Waals surface area contributed by atoms with Gasteiger partial charge in [0.15, 0.2) is 11.6 Å². The van der Waals surface area contributed by atoms with Crippen LogP contribution in [-0.4, -0.2) is 35.0 Å². The molecule has 2 aromatic carbocycles. The number of carbonyl (C=O) groups is 2. The first-order valence-corrected chi connectivity index (χ1v) is 9.67. The number of hydrogen-bond acceptors (Lipinski definition) is 7. The summed E-state index contributed by atoms with van der Waals surface area (Å²) < 4.78 is 37.6. The minimum Gasteiger partial charge on any atom is -0.496 e. The molecule has 1 atom stereocenters. The van der Waals surface area contributed by atoms with Gasteiger partial charge >= 0.3 is 12.1 Å². The number of urea groups is 1. The molecular formula is C20H12BrF2N3O7. The van der Waals surface area contributed by atoms with Gasteiger partial charge in [-0.1, -0.05) is 6.07 Å². The van der Waals surface area contributed by atoms with Crippen LogP contribution >= 0.6 is 15.9 Å². The number of nitro groups is 1. The number of halogens is 3. The van der Waals surface area contributed by atoms with Crippen LogP contribution in [0.1, 0.15) is 11.6 Å². The van der Waals surface area contributed by atoms with Crippen molar-refractivity contribution in [2.75, 3.05) is 7.11 Å². The van der Waals surface area contributed by atoms with Gasteiger partial charge in [0, 0.05) is 12.1 Å². The Hall–Kier alpha value is -4.09. The first kappa shape index (κ1) is 23.6. The summed E-state index contributed by atoms with van der Waals surface area (Å²) in [4.78, 5) is 47.5. The SMILES string of the molecule is COC1=C(C(Br)=C=O)NC(=O)N(C(=O)Oc2ccc([N+](=O)[O-])cc2)C1c1ccc(F)c(F)c1. The van der Waals surface area contributed by atoms with E-state index >= 15 is 0 Å². The molecule has 0 fully saturated rings. The number of nitrogens with one attached hydrogen (secondary N) is 1. The Morgan fingerprint density at radius 3 is 2.42 bits per heavy atom. The molecule has 1 aliphatic heterocycles. The minimum atomic E-state index is -1.47. The highest BCUT2D eigenvalue weighted by Crippen LogP contribution is 2.37. The molecule has 2 aromatic rings. The first-order chi connectivity index (χ1) is 15.7. The van der Waals surface area contributed by atoms with Gasteiger partial charge in [-0.3, -0.25) is 10.1 Å². The third-order valence-corrected chi connectivity index (χ3v) is 5.00. The summed E-state index contributed by atoms with van der Waals surface area (Å²) in [6.45, 7) is 0. The highest BCUT2D eigenvalue weighted by atomic mass is 79.9. The summed E-state index contributed by atoms with van der Waals surface area (Å²) in [6.07, 6.45) is -1.27. The van der Waals surface area contributed by atoms with Crippen molar-refractivity contribution in [1.82, 2.24) is 10.2 Å². The van der Waals surface area contributed by atoms with Crippen LogP contribution in [0.4, 0.5) is 24.1 Å². The molecule has 10 nitrogen and oxygen atoms in total. The van der Waals surface area contributed by atoms with Crippen molar-refractivity contribution in [3.63, 3.8) is 0 Å². The molecule has 1 aliphatic rings. The average molecular weight is 524 g/mol. The van der Waals surface area contributed by atoms with E-state index in [1.165, 1.54) is 13.1 Å². The van der Waals surface area contributed by atoms with E-state index in [1.54, 1.807) is 0 Å². The first-order valence-electron chi connectivity index (χ1n) is 8.88. The van der Waals surface area contributed by atoms with E-state index in [0.29, 0.717) is 4.90 Å². The number of hydrogen-bond donors (Lipinski definition) is 1. The quantitative estimate of drug-likeness (QED) is 0.354. The molecule has 0 saturated heterocycles. The number of carbonyl (C=O) groups excluding carboxylic acids is 3. The van der Waals surface area contributed by atoms with E-state index in [1.807, 2.05) is 0 Å². The molecule has 13 heteroatoms. The van der Waals surface area contributed by atoms with Crippen LogP contribution < -0.4 is 10.1 Å². The molecule has 1 unspecified atom stereocenters. The topological polar surface area (TPSA) is 128 Å². The predicted octanol–water partition coefficient (Wildman–Crippen LogP) is 4.11. The lowest BCUT2D eigenvalue weighted by molar-refractivity contribution is -0.384. The lowest BCUT2D eigenvalue weighted by Gasteiger charge is -2.35. The third-order valence-electron chi connectivity index (χ3n) is 4.44. The largest absolute Gasteiger partial charge is 0.496 e. The second-order valence-electron chi connectivity index (χ2n) is 6.35. The third kappa shape index (κ3) is 4.73. The van der Waals surface area contributed by atoms with Crippen LogP contribution in [-0.2, 0) is 9.53 Å². The fraction of sp³-hybridized carbons (Fsp3) is 0.100. The van der Waals surface area contributed by atoms with E-state index in [-0.39, 0.29) is 32.9 Å². The lowest BCUT2D eigenvalue weighted by Crippen LogP contribution is -2.51. The maximum absolute atomic E-state index is 14.0. The predicted molar refractivity (Wildman–Crippen MR) is 111 cm³/mol. The van der Waals surface area contributed by atoms with Crippen molar-refractivity contribution in [2.24, 2.45) is 0 Å². The summed E-state index contributed by atoms with van der Waals surface area (Å²) in [6, 6.07) is 4.52. The number of imide groups is 1. The highest BCUT2D eigenvalue weighted by molar-refractivity contribution is 9.12. The Morgan fingerprint density at radius 1 is 1.21 bits per heavy atom. The van der Waals surface area contributed by atoms with Gasteiger partial charge in [-0.25, -0.2) is 28.1 Å². The number of non-ortho nitro benzene ring substituents is 1. The molecular weight excluding hydrogens is 512 g/mol. The van der Waals surface area contributed by atoms with E-state index in [9.17, 15) is 33.3 Å². The number of benzene rings is 2. The van der Waals surface area contributed by atoms with Crippen molar-refractivity contribution in [2.45, 2.75) is 6.04 Å². The van der Waals surface area contributed by atoms with Gasteiger partial charge in [0.2, 0.25) is 0 Å². The van der Waals surface area contributed by atoms with Gasteiger partial charge in [0.25, 0.3) is 5.69 Å². The number of methoxy groups -OCH3 is 1. The van der Waals surface area contributed by atoms with Gasteiger partial charge in [0.05, 0.1) is 12.0 Å². The molecule has 0 bridgehead atoms. The van der Waals surface area contributed by atoms with Gasteiger partial charge in [-0.05, 0) is 45.8 Å². The number of nitrogens with zero attached hydrogens (tertiary/aromatic N) is 2. The highest BCUT2D eigenvalue weighted by Gasteiger charge is 2.43. The van der Waals surface area contributed by atoms with Crippen LogP contribution in [0.15, 0.2) is 58.4 Å². The maximum Gasteiger partial charge on any atom is 0.424 e. The lowest BCUT2D eigenvalue weighted by atomic mass is 10.00. The number of ether oxygens (including phenoxy) is 2. The normalized spacial score (nSPS) is 15.5. The standard InChI is InChI=1S/C20H12BrF2N3O7/c1-32-18-16(13(21)9-27)24-19(28)25(17(18)10-2-7-14(22)15(23)8-10)20(29)33-12-5-3-11(4-6-12)26(30)31/h2-8,17H,1H3,(H,24,28). The van der Waals surface area contributed by atoms with E-state index in [4.69, 9.17) is 9.47 Å². The average Bonchev–Trinajstić information content (AvgIpc) is 2.79.